The van der Waals surface area contributed by atoms with Crippen molar-refractivity contribution in [2.24, 2.45) is 0 Å². The van der Waals surface area contributed by atoms with Gasteiger partial charge in [-0.1, -0.05) is 0 Å². The molecule has 94 valence electrons. The summed E-state index contributed by atoms with van der Waals surface area (Å²) >= 11 is 3.63. The molecule has 0 fully saturated rings. The second-order valence-corrected chi connectivity index (χ2v) is 6.06. The van der Waals surface area contributed by atoms with Crippen molar-refractivity contribution in [3.63, 3.8) is 0 Å². The van der Waals surface area contributed by atoms with Crippen LogP contribution in [0.5, 0.6) is 0 Å². The highest BCUT2D eigenvalue weighted by atomic mass is 127. The zero-order valence-electron chi connectivity index (χ0n) is 9.61. The Morgan fingerprint density at radius 2 is 2.11 bits per heavy atom. The van der Waals surface area contributed by atoms with Gasteiger partial charge in [0.1, 0.15) is 0 Å². The molecule has 0 saturated carbocycles. The lowest BCUT2D eigenvalue weighted by molar-refractivity contribution is -0.136. The molecule has 18 heavy (non-hydrogen) atoms. The molecule has 0 atom stereocenters. The zero-order chi connectivity index (χ0) is 13.1. The van der Waals surface area contributed by atoms with Gasteiger partial charge in [0.15, 0.2) is 5.13 Å². The lowest BCUT2D eigenvalue weighted by atomic mass is 10.3. The van der Waals surface area contributed by atoms with Crippen LogP contribution in [0.25, 0.3) is 0 Å². The van der Waals surface area contributed by atoms with E-state index in [1.165, 1.54) is 14.9 Å². The second kappa shape index (κ2) is 5.66. The average molecular weight is 374 g/mol. The number of aliphatic carboxylic acids is 1. The van der Waals surface area contributed by atoms with Gasteiger partial charge in [0, 0.05) is 14.1 Å². The van der Waals surface area contributed by atoms with E-state index in [2.05, 4.69) is 32.9 Å². The van der Waals surface area contributed by atoms with Gasteiger partial charge in [-0.2, -0.15) is 0 Å². The van der Waals surface area contributed by atoms with Crippen LogP contribution in [-0.4, -0.2) is 16.1 Å². The molecule has 1 aromatic carbocycles. The molecular weight excluding hydrogens is 363 g/mol. The normalized spacial score (nSPS) is 10.3. The molecule has 0 bridgehead atoms. The van der Waals surface area contributed by atoms with Crippen molar-refractivity contribution in [2.75, 3.05) is 5.32 Å². The highest BCUT2D eigenvalue weighted by Gasteiger charge is 2.10. The molecule has 1 heterocycles. The summed E-state index contributed by atoms with van der Waals surface area (Å²) in [4.78, 5) is 15.8. The molecule has 0 aliphatic rings. The second-order valence-electron chi connectivity index (χ2n) is 3.73. The summed E-state index contributed by atoms with van der Waals surface area (Å²) < 4.78 is 1.17. The van der Waals surface area contributed by atoms with E-state index in [0.717, 1.165) is 21.4 Å². The van der Waals surface area contributed by atoms with E-state index in [-0.39, 0.29) is 6.42 Å². The number of carboxylic acid groups (broad SMARTS) is 1. The topological polar surface area (TPSA) is 62.2 Å². The van der Waals surface area contributed by atoms with Crippen LogP contribution in [0.3, 0.4) is 0 Å². The SMILES string of the molecule is Cc1nc(Nc2ccc(I)cc2)sc1CC(=O)O. The maximum absolute atomic E-state index is 10.7. The summed E-state index contributed by atoms with van der Waals surface area (Å²) in [6.07, 6.45) is 0.0257. The molecule has 2 aromatic rings. The number of thiazole rings is 1. The number of nitrogens with one attached hydrogen (secondary N) is 1. The number of carbonyl (C=O) groups is 1. The Bertz CT molecular complexity index is 566. The Morgan fingerprint density at radius 3 is 2.72 bits per heavy atom. The monoisotopic (exact) mass is 374 g/mol. The van der Waals surface area contributed by atoms with Crippen LogP contribution in [0.4, 0.5) is 10.8 Å². The van der Waals surface area contributed by atoms with Crippen molar-refractivity contribution in [3.05, 3.63) is 38.4 Å². The lowest BCUT2D eigenvalue weighted by Crippen LogP contribution is -1.99. The zero-order valence-corrected chi connectivity index (χ0v) is 12.6. The molecule has 1 aromatic heterocycles. The van der Waals surface area contributed by atoms with E-state index in [9.17, 15) is 4.79 Å². The van der Waals surface area contributed by atoms with E-state index >= 15 is 0 Å². The Hall–Kier alpha value is -1.15. The van der Waals surface area contributed by atoms with Crippen LogP contribution in [0.2, 0.25) is 0 Å². The molecule has 0 aliphatic carbocycles. The van der Waals surface area contributed by atoms with Crippen molar-refractivity contribution in [2.45, 2.75) is 13.3 Å². The number of benzene rings is 1. The van der Waals surface area contributed by atoms with E-state index in [1.54, 1.807) is 0 Å². The quantitative estimate of drug-likeness (QED) is 0.806. The molecule has 4 nitrogen and oxygen atoms in total. The Kier molecular flexibility index (Phi) is 4.18. The largest absolute Gasteiger partial charge is 0.481 e. The number of nitrogens with zero attached hydrogens (tertiary/aromatic N) is 1. The fourth-order valence-electron chi connectivity index (χ4n) is 1.44. The fourth-order valence-corrected chi connectivity index (χ4v) is 2.77. The fraction of sp³-hybridized carbons (Fsp3) is 0.167. The Labute approximate surface area is 122 Å². The summed E-state index contributed by atoms with van der Waals surface area (Å²) in [5.41, 5.74) is 1.72. The number of halogens is 1. The van der Waals surface area contributed by atoms with Gasteiger partial charge in [-0.3, -0.25) is 4.79 Å². The molecule has 0 spiro atoms. The molecule has 0 radical (unpaired) electrons. The molecule has 0 unspecified atom stereocenters. The van der Waals surface area contributed by atoms with Crippen molar-refractivity contribution < 1.29 is 9.90 Å². The van der Waals surface area contributed by atoms with Gasteiger partial charge < -0.3 is 10.4 Å². The molecule has 0 aliphatic heterocycles. The number of anilines is 2. The molecule has 2 rings (SSSR count). The first kappa shape index (κ1) is 13.3. The molecular formula is C12H11IN2O2S. The first-order valence-electron chi connectivity index (χ1n) is 5.25. The van der Waals surface area contributed by atoms with E-state index < -0.39 is 5.97 Å². The van der Waals surface area contributed by atoms with Gasteiger partial charge in [0.25, 0.3) is 0 Å². The first-order valence-corrected chi connectivity index (χ1v) is 7.15. The van der Waals surface area contributed by atoms with Crippen molar-refractivity contribution >= 4 is 50.7 Å². The number of hydrogen-bond acceptors (Lipinski definition) is 4. The maximum atomic E-state index is 10.7. The summed E-state index contributed by atoms with van der Waals surface area (Å²) in [6, 6.07) is 7.94. The highest BCUT2D eigenvalue weighted by molar-refractivity contribution is 14.1. The maximum Gasteiger partial charge on any atom is 0.308 e. The molecule has 0 saturated heterocycles. The van der Waals surface area contributed by atoms with Crippen molar-refractivity contribution in [1.29, 1.82) is 0 Å². The van der Waals surface area contributed by atoms with Crippen LogP contribution < -0.4 is 5.32 Å². The number of aromatic nitrogens is 1. The van der Waals surface area contributed by atoms with Gasteiger partial charge in [0.2, 0.25) is 0 Å². The Balaban J connectivity index is 2.14. The number of aryl methyl sites for hydroxylation is 1. The summed E-state index contributed by atoms with van der Waals surface area (Å²) in [7, 11) is 0. The number of carboxylic acids is 1. The van der Waals surface area contributed by atoms with Gasteiger partial charge in [-0.25, -0.2) is 4.98 Å². The van der Waals surface area contributed by atoms with E-state index in [0.29, 0.717) is 0 Å². The van der Waals surface area contributed by atoms with Crippen LogP contribution in [0.15, 0.2) is 24.3 Å². The standard InChI is InChI=1S/C12H11IN2O2S/c1-7-10(6-11(16)17)18-12(14-7)15-9-4-2-8(13)3-5-9/h2-5H,6H2,1H3,(H,14,15)(H,16,17). The predicted molar refractivity (Wildman–Crippen MR) is 80.6 cm³/mol. The molecule has 0 amide bonds. The van der Waals surface area contributed by atoms with Crippen molar-refractivity contribution in [3.8, 4) is 0 Å². The minimum Gasteiger partial charge on any atom is -0.481 e. The molecule has 6 heteroatoms. The summed E-state index contributed by atoms with van der Waals surface area (Å²) in [6.45, 7) is 1.83. The minimum absolute atomic E-state index is 0.0257. The smallest absolute Gasteiger partial charge is 0.308 e. The first-order chi connectivity index (χ1) is 8.54. The Morgan fingerprint density at radius 1 is 1.44 bits per heavy atom. The summed E-state index contributed by atoms with van der Waals surface area (Å²) in [5, 5.41) is 12.7. The van der Waals surface area contributed by atoms with Gasteiger partial charge >= 0.3 is 5.97 Å². The third kappa shape index (κ3) is 3.42. The highest BCUT2D eigenvalue weighted by Crippen LogP contribution is 2.26. The van der Waals surface area contributed by atoms with Gasteiger partial charge in [-0.15, -0.1) is 11.3 Å². The lowest BCUT2D eigenvalue weighted by Gasteiger charge is -2.01. The van der Waals surface area contributed by atoms with Gasteiger partial charge in [-0.05, 0) is 53.8 Å². The van der Waals surface area contributed by atoms with Crippen LogP contribution in [0, 0.1) is 10.5 Å². The molecule has 2 N–H and O–H groups in total. The third-order valence-corrected chi connectivity index (χ3v) is 4.09. The van der Waals surface area contributed by atoms with Crippen LogP contribution in [0.1, 0.15) is 10.6 Å². The van der Waals surface area contributed by atoms with Crippen molar-refractivity contribution in [1.82, 2.24) is 4.98 Å². The third-order valence-electron chi connectivity index (χ3n) is 2.30. The minimum atomic E-state index is -0.831. The number of hydrogen-bond donors (Lipinski definition) is 2. The van der Waals surface area contributed by atoms with Crippen LogP contribution >= 0.6 is 33.9 Å². The number of rotatable bonds is 4. The predicted octanol–water partition coefficient (Wildman–Crippen LogP) is 3.43. The van der Waals surface area contributed by atoms with E-state index in [4.69, 9.17) is 5.11 Å². The summed E-state index contributed by atoms with van der Waals surface area (Å²) in [5.74, 6) is -0.831. The van der Waals surface area contributed by atoms with E-state index in [1.807, 2.05) is 31.2 Å². The van der Waals surface area contributed by atoms with Gasteiger partial charge in [0.05, 0.1) is 12.1 Å². The average Bonchev–Trinajstić information content (AvgIpc) is 2.62. The van der Waals surface area contributed by atoms with Crippen LogP contribution in [-0.2, 0) is 11.2 Å².